The third kappa shape index (κ3) is 3.73. The van der Waals surface area contributed by atoms with Crippen molar-refractivity contribution in [1.29, 1.82) is 0 Å². The minimum absolute atomic E-state index is 0.102. The number of urea groups is 1. The highest BCUT2D eigenvalue weighted by Gasteiger charge is 2.37. The average molecular weight is 268 g/mol. The van der Waals surface area contributed by atoms with Gasteiger partial charge in [0.15, 0.2) is 0 Å². The van der Waals surface area contributed by atoms with Crippen LogP contribution in [0.1, 0.15) is 17.7 Å². The molecule has 0 saturated heterocycles. The predicted molar refractivity (Wildman–Crippen MR) is 68.7 cm³/mol. The van der Waals surface area contributed by atoms with Crippen molar-refractivity contribution in [2.24, 2.45) is 5.92 Å². The highest BCUT2D eigenvalue weighted by atomic mass is 32.1. The van der Waals surface area contributed by atoms with Gasteiger partial charge in [-0.1, -0.05) is 6.07 Å². The zero-order chi connectivity index (χ0) is 13.0. The number of carboxylic acid groups (broad SMARTS) is 1. The Morgan fingerprint density at radius 1 is 1.50 bits per heavy atom. The Morgan fingerprint density at radius 2 is 2.28 bits per heavy atom. The van der Waals surface area contributed by atoms with Crippen molar-refractivity contribution in [2.75, 3.05) is 6.54 Å². The van der Waals surface area contributed by atoms with Crippen LogP contribution in [-0.2, 0) is 11.2 Å². The van der Waals surface area contributed by atoms with E-state index in [1.54, 1.807) is 11.3 Å². The van der Waals surface area contributed by atoms with Gasteiger partial charge in [-0.3, -0.25) is 0 Å². The largest absolute Gasteiger partial charge is 0.480 e. The fourth-order valence-electron chi connectivity index (χ4n) is 1.76. The number of carbonyl (C=O) groups excluding carboxylic acids is 1. The van der Waals surface area contributed by atoms with Gasteiger partial charge in [-0.05, 0) is 36.6 Å². The van der Waals surface area contributed by atoms with Crippen LogP contribution in [0.15, 0.2) is 17.5 Å². The van der Waals surface area contributed by atoms with E-state index >= 15 is 0 Å². The van der Waals surface area contributed by atoms with E-state index in [1.807, 2.05) is 17.5 Å². The minimum atomic E-state index is -0.953. The molecule has 2 amide bonds. The van der Waals surface area contributed by atoms with Crippen molar-refractivity contribution in [2.45, 2.75) is 25.3 Å². The van der Waals surface area contributed by atoms with Crippen molar-refractivity contribution < 1.29 is 14.7 Å². The first kappa shape index (κ1) is 12.9. The molecule has 1 aromatic rings. The lowest BCUT2D eigenvalue weighted by molar-refractivity contribution is -0.139. The molecule has 0 radical (unpaired) electrons. The van der Waals surface area contributed by atoms with E-state index in [0.29, 0.717) is 6.54 Å². The van der Waals surface area contributed by atoms with E-state index in [0.717, 1.165) is 19.3 Å². The Hall–Kier alpha value is -1.56. The van der Waals surface area contributed by atoms with E-state index in [1.165, 1.54) is 4.88 Å². The molecule has 1 atom stereocenters. The van der Waals surface area contributed by atoms with Crippen molar-refractivity contribution in [3.8, 4) is 0 Å². The molecule has 0 bridgehead atoms. The molecule has 1 unspecified atom stereocenters. The number of nitrogens with one attached hydrogen (secondary N) is 2. The second kappa shape index (κ2) is 5.86. The zero-order valence-corrected chi connectivity index (χ0v) is 10.7. The maximum atomic E-state index is 11.5. The molecule has 1 saturated carbocycles. The standard InChI is InChI=1S/C12H16N2O3S/c15-11(16)10(8-3-4-8)14-12(17)13-6-5-9-2-1-7-18-9/h1-2,7-8,10H,3-6H2,(H,15,16)(H2,13,14,17). The topological polar surface area (TPSA) is 78.4 Å². The van der Waals surface area contributed by atoms with Crippen LogP contribution in [0.2, 0.25) is 0 Å². The number of hydrogen-bond donors (Lipinski definition) is 3. The lowest BCUT2D eigenvalue weighted by Crippen LogP contribution is -2.47. The summed E-state index contributed by atoms with van der Waals surface area (Å²) in [6.45, 7) is 0.517. The number of hydrogen-bond acceptors (Lipinski definition) is 3. The van der Waals surface area contributed by atoms with Gasteiger partial charge in [0.05, 0.1) is 0 Å². The smallest absolute Gasteiger partial charge is 0.326 e. The third-order valence-corrected chi connectivity index (χ3v) is 3.82. The lowest BCUT2D eigenvalue weighted by atomic mass is 10.2. The molecule has 18 heavy (non-hydrogen) atoms. The van der Waals surface area contributed by atoms with Crippen LogP contribution >= 0.6 is 11.3 Å². The Bertz CT molecular complexity index is 415. The van der Waals surface area contributed by atoms with Gasteiger partial charge in [0.2, 0.25) is 0 Å². The molecule has 1 aliphatic carbocycles. The maximum Gasteiger partial charge on any atom is 0.326 e. The van der Waals surface area contributed by atoms with E-state index < -0.39 is 18.0 Å². The Morgan fingerprint density at radius 3 is 2.83 bits per heavy atom. The number of carbonyl (C=O) groups is 2. The molecule has 98 valence electrons. The molecule has 0 aliphatic heterocycles. The first-order chi connectivity index (χ1) is 8.66. The molecule has 0 spiro atoms. The van der Waals surface area contributed by atoms with Gasteiger partial charge in [0, 0.05) is 11.4 Å². The molecule has 1 heterocycles. The molecule has 0 aromatic carbocycles. The predicted octanol–water partition coefficient (Wildman–Crippen LogP) is 1.45. The second-order valence-corrected chi connectivity index (χ2v) is 5.42. The lowest BCUT2D eigenvalue weighted by Gasteiger charge is -2.14. The third-order valence-electron chi connectivity index (χ3n) is 2.88. The minimum Gasteiger partial charge on any atom is -0.480 e. The van der Waals surface area contributed by atoms with Crippen LogP contribution in [0.3, 0.4) is 0 Å². The molecule has 2 rings (SSSR count). The Balaban J connectivity index is 1.69. The van der Waals surface area contributed by atoms with Crippen molar-refractivity contribution >= 4 is 23.3 Å². The number of aliphatic carboxylic acids is 1. The molecule has 1 aliphatic rings. The summed E-state index contributed by atoms with van der Waals surface area (Å²) in [6, 6.07) is 2.83. The van der Waals surface area contributed by atoms with Crippen LogP contribution in [0, 0.1) is 5.92 Å². The molecular weight excluding hydrogens is 252 g/mol. The summed E-state index contributed by atoms with van der Waals surface area (Å²) < 4.78 is 0. The first-order valence-corrected chi connectivity index (χ1v) is 6.84. The maximum absolute atomic E-state index is 11.5. The van der Waals surface area contributed by atoms with E-state index in [9.17, 15) is 9.59 Å². The van der Waals surface area contributed by atoms with Crippen LogP contribution in [0.5, 0.6) is 0 Å². The molecule has 6 heteroatoms. The summed E-state index contributed by atoms with van der Waals surface area (Å²) in [6.07, 6.45) is 2.53. The highest BCUT2D eigenvalue weighted by Crippen LogP contribution is 2.32. The van der Waals surface area contributed by atoms with Gasteiger partial charge in [-0.25, -0.2) is 9.59 Å². The number of thiophene rings is 1. The normalized spacial score (nSPS) is 16.0. The van der Waals surface area contributed by atoms with Gasteiger partial charge in [0.1, 0.15) is 6.04 Å². The number of amides is 2. The van der Waals surface area contributed by atoms with Gasteiger partial charge in [0.25, 0.3) is 0 Å². The van der Waals surface area contributed by atoms with E-state index in [2.05, 4.69) is 10.6 Å². The fourth-order valence-corrected chi connectivity index (χ4v) is 2.47. The summed E-state index contributed by atoms with van der Waals surface area (Å²) in [5, 5.41) is 16.2. The zero-order valence-electron chi connectivity index (χ0n) is 9.89. The number of rotatable bonds is 6. The van der Waals surface area contributed by atoms with Crippen LogP contribution in [0.4, 0.5) is 4.79 Å². The quantitative estimate of drug-likeness (QED) is 0.730. The Kier molecular flexibility index (Phi) is 4.19. The number of carboxylic acids is 1. The fraction of sp³-hybridized carbons (Fsp3) is 0.500. The summed E-state index contributed by atoms with van der Waals surface area (Å²) >= 11 is 1.64. The van der Waals surface area contributed by atoms with Crippen LogP contribution in [0.25, 0.3) is 0 Å². The van der Waals surface area contributed by atoms with Gasteiger partial charge >= 0.3 is 12.0 Å². The summed E-state index contributed by atoms with van der Waals surface area (Å²) in [7, 11) is 0. The average Bonchev–Trinajstić information content (AvgIpc) is 3.03. The van der Waals surface area contributed by atoms with Crippen molar-refractivity contribution in [3.05, 3.63) is 22.4 Å². The highest BCUT2D eigenvalue weighted by molar-refractivity contribution is 7.09. The van der Waals surface area contributed by atoms with Gasteiger partial charge in [-0.2, -0.15) is 0 Å². The monoisotopic (exact) mass is 268 g/mol. The molecular formula is C12H16N2O3S. The molecule has 1 fully saturated rings. The first-order valence-electron chi connectivity index (χ1n) is 5.96. The van der Waals surface area contributed by atoms with Gasteiger partial charge < -0.3 is 15.7 Å². The van der Waals surface area contributed by atoms with E-state index in [4.69, 9.17) is 5.11 Å². The summed E-state index contributed by atoms with van der Waals surface area (Å²) in [5.41, 5.74) is 0. The molecule has 5 nitrogen and oxygen atoms in total. The summed E-state index contributed by atoms with van der Waals surface area (Å²) in [4.78, 5) is 23.7. The summed E-state index contributed by atoms with van der Waals surface area (Å²) in [5.74, 6) is -0.851. The second-order valence-electron chi connectivity index (χ2n) is 4.38. The van der Waals surface area contributed by atoms with E-state index in [-0.39, 0.29) is 5.92 Å². The van der Waals surface area contributed by atoms with Crippen LogP contribution < -0.4 is 10.6 Å². The van der Waals surface area contributed by atoms with Crippen molar-refractivity contribution in [1.82, 2.24) is 10.6 Å². The Labute approximate surface area is 109 Å². The van der Waals surface area contributed by atoms with Crippen LogP contribution in [-0.4, -0.2) is 29.7 Å². The SMILES string of the molecule is O=C(NCCc1cccs1)NC(C(=O)O)C1CC1. The molecule has 3 N–H and O–H groups in total. The van der Waals surface area contributed by atoms with Gasteiger partial charge in [-0.15, -0.1) is 11.3 Å². The molecule has 1 aromatic heterocycles. The van der Waals surface area contributed by atoms with Crippen molar-refractivity contribution in [3.63, 3.8) is 0 Å².